The van der Waals surface area contributed by atoms with Gasteiger partial charge in [-0.3, -0.25) is 0 Å². The fourth-order valence-corrected chi connectivity index (χ4v) is 1.89. The molecule has 5 nitrogen and oxygen atoms in total. The van der Waals surface area contributed by atoms with E-state index < -0.39 is 6.10 Å². The van der Waals surface area contributed by atoms with Crippen LogP contribution in [0.2, 0.25) is 0 Å². The molecule has 0 radical (unpaired) electrons. The summed E-state index contributed by atoms with van der Waals surface area (Å²) in [5.74, 6) is 0.642. The monoisotopic (exact) mass is 273 g/mol. The number of aliphatic hydroxyl groups is 2. The third-order valence-electron chi connectivity index (χ3n) is 2.57. The highest BCUT2D eigenvalue weighted by atomic mass is 79.9. The summed E-state index contributed by atoms with van der Waals surface area (Å²) in [5, 5.41) is 18.6. The summed E-state index contributed by atoms with van der Waals surface area (Å²) in [6.07, 6.45) is 2.78. The molecule has 2 heterocycles. The van der Waals surface area contributed by atoms with E-state index in [1.807, 2.05) is 4.90 Å². The minimum Gasteiger partial charge on any atom is -0.396 e. The number of halogens is 1. The van der Waals surface area contributed by atoms with Crippen molar-refractivity contribution in [2.24, 2.45) is 5.92 Å². The van der Waals surface area contributed by atoms with Gasteiger partial charge in [0, 0.05) is 19.0 Å². The lowest BCUT2D eigenvalue weighted by Gasteiger charge is -2.15. The first-order valence-electron chi connectivity index (χ1n) is 4.72. The Kier molecular flexibility index (Phi) is 3.18. The van der Waals surface area contributed by atoms with E-state index in [1.54, 1.807) is 12.4 Å². The largest absolute Gasteiger partial charge is 0.396 e. The molecule has 0 aromatic carbocycles. The van der Waals surface area contributed by atoms with E-state index in [4.69, 9.17) is 5.11 Å². The van der Waals surface area contributed by atoms with Gasteiger partial charge in [-0.25, -0.2) is 9.97 Å². The third-order valence-corrected chi connectivity index (χ3v) is 2.98. The maximum absolute atomic E-state index is 9.62. The van der Waals surface area contributed by atoms with Gasteiger partial charge in [-0.05, 0) is 15.9 Å². The molecule has 15 heavy (non-hydrogen) atoms. The van der Waals surface area contributed by atoms with Gasteiger partial charge in [-0.15, -0.1) is 0 Å². The van der Waals surface area contributed by atoms with Crippen molar-refractivity contribution in [3.63, 3.8) is 0 Å². The van der Waals surface area contributed by atoms with Gasteiger partial charge in [0.2, 0.25) is 0 Å². The Morgan fingerprint density at radius 2 is 2.20 bits per heavy atom. The first-order chi connectivity index (χ1) is 7.20. The lowest BCUT2D eigenvalue weighted by molar-refractivity contribution is 0.104. The van der Waals surface area contributed by atoms with Crippen LogP contribution in [0.4, 0.5) is 5.82 Å². The summed E-state index contributed by atoms with van der Waals surface area (Å²) in [7, 11) is 0. The van der Waals surface area contributed by atoms with Crippen LogP contribution >= 0.6 is 15.9 Å². The van der Waals surface area contributed by atoms with Gasteiger partial charge in [0.15, 0.2) is 0 Å². The molecule has 1 aromatic heterocycles. The molecule has 2 rings (SSSR count). The molecule has 0 spiro atoms. The second kappa shape index (κ2) is 4.42. The number of hydrogen-bond acceptors (Lipinski definition) is 5. The van der Waals surface area contributed by atoms with E-state index in [2.05, 4.69) is 25.9 Å². The Hall–Kier alpha value is -0.720. The van der Waals surface area contributed by atoms with Gasteiger partial charge in [0.05, 0.1) is 25.1 Å². The summed E-state index contributed by atoms with van der Waals surface area (Å²) in [5.41, 5.74) is 0. The molecule has 6 heteroatoms. The lowest BCUT2D eigenvalue weighted by atomic mass is 10.1. The minimum absolute atomic E-state index is 0.00161. The van der Waals surface area contributed by atoms with Crippen molar-refractivity contribution in [3.8, 4) is 0 Å². The van der Waals surface area contributed by atoms with Crippen molar-refractivity contribution in [3.05, 3.63) is 17.0 Å². The first kappa shape index (κ1) is 10.8. The fourth-order valence-electron chi connectivity index (χ4n) is 1.69. The summed E-state index contributed by atoms with van der Waals surface area (Å²) in [4.78, 5) is 10.2. The molecule has 1 aromatic rings. The SMILES string of the molecule is OCC1CN(c2cnc(Br)cn2)CC1O. The van der Waals surface area contributed by atoms with Crippen molar-refractivity contribution in [2.75, 3.05) is 24.6 Å². The zero-order chi connectivity index (χ0) is 10.8. The second-order valence-corrected chi connectivity index (χ2v) is 4.42. The minimum atomic E-state index is -0.486. The Morgan fingerprint density at radius 3 is 2.73 bits per heavy atom. The zero-order valence-corrected chi connectivity index (χ0v) is 9.63. The highest BCUT2D eigenvalue weighted by Gasteiger charge is 2.31. The van der Waals surface area contributed by atoms with E-state index in [-0.39, 0.29) is 12.5 Å². The normalized spacial score (nSPS) is 25.9. The molecule has 0 amide bonds. The maximum Gasteiger partial charge on any atom is 0.147 e. The van der Waals surface area contributed by atoms with E-state index in [1.165, 1.54) is 0 Å². The number of hydrogen-bond donors (Lipinski definition) is 2. The molecule has 0 aliphatic carbocycles. The average molecular weight is 274 g/mol. The van der Waals surface area contributed by atoms with Gasteiger partial charge in [-0.2, -0.15) is 0 Å². The summed E-state index contributed by atoms with van der Waals surface area (Å²) in [6, 6.07) is 0. The predicted molar refractivity (Wildman–Crippen MR) is 58.5 cm³/mol. The lowest BCUT2D eigenvalue weighted by Crippen LogP contribution is -2.22. The number of aromatic nitrogens is 2. The van der Waals surface area contributed by atoms with Gasteiger partial charge in [-0.1, -0.05) is 0 Å². The molecule has 2 N–H and O–H groups in total. The van der Waals surface area contributed by atoms with Crippen molar-refractivity contribution < 1.29 is 10.2 Å². The average Bonchev–Trinajstić information content (AvgIpc) is 2.61. The first-order valence-corrected chi connectivity index (χ1v) is 5.51. The molecule has 1 fully saturated rings. The number of rotatable bonds is 2. The van der Waals surface area contributed by atoms with E-state index in [0.29, 0.717) is 17.7 Å². The molecule has 1 aliphatic rings. The summed E-state index contributed by atoms with van der Waals surface area (Å²) in [6.45, 7) is 1.12. The van der Waals surface area contributed by atoms with E-state index in [0.717, 1.165) is 5.82 Å². The molecular weight excluding hydrogens is 262 g/mol. The van der Waals surface area contributed by atoms with Gasteiger partial charge in [0.25, 0.3) is 0 Å². The summed E-state index contributed by atoms with van der Waals surface area (Å²) < 4.78 is 0.685. The van der Waals surface area contributed by atoms with Crippen LogP contribution in [0.15, 0.2) is 17.0 Å². The van der Waals surface area contributed by atoms with Crippen LogP contribution in [0, 0.1) is 5.92 Å². The topological polar surface area (TPSA) is 69.5 Å². The molecular formula is C9H12BrN3O2. The van der Waals surface area contributed by atoms with Crippen LogP contribution in [-0.2, 0) is 0 Å². The molecule has 0 saturated carbocycles. The molecule has 1 saturated heterocycles. The van der Waals surface area contributed by atoms with E-state index >= 15 is 0 Å². The van der Waals surface area contributed by atoms with Crippen molar-refractivity contribution in [1.29, 1.82) is 0 Å². The highest BCUT2D eigenvalue weighted by molar-refractivity contribution is 9.10. The standard InChI is InChI=1S/C9H12BrN3O2/c10-8-1-12-9(2-11-8)13-3-6(5-14)7(15)4-13/h1-2,6-7,14-15H,3-5H2. The highest BCUT2D eigenvalue weighted by Crippen LogP contribution is 2.22. The Morgan fingerprint density at radius 1 is 1.40 bits per heavy atom. The zero-order valence-electron chi connectivity index (χ0n) is 8.04. The number of anilines is 1. The van der Waals surface area contributed by atoms with Crippen LogP contribution in [-0.4, -0.2) is 46.0 Å². The molecule has 82 valence electrons. The number of nitrogens with zero attached hydrogens (tertiary/aromatic N) is 3. The Bertz CT molecular complexity index is 333. The quantitative estimate of drug-likeness (QED) is 0.796. The van der Waals surface area contributed by atoms with Crippen LogP contribution in [0.1, 0.15) is 0 Å². The molecule has 0 bridgehead atoms. The van der Waals surface area contributed by atoms with Crippen LogP contribution in [0.3, 0.4) is 0 Å². The van der Waals surface area contributed by atoms with Crippen molar-refractivity contribution >= 4 is 21.7 Å². The van der Waals surface area contributed by atoms with Crippen LogP contribution < -0.4 is 4.90 Å². The molecule has 2 atom stereocenters. The smallest absolute Gasteiger partial charge is 0.147 e. The van der Waals surface area contributed by atoms with Crippen molar-refractivity contribution in [2.45, 2.75) is 6.10 Å². The summed E-state index contributed by atoms with van der Waals surface area (Å²) >= 11 is 3.21. The van der Waals surface area contributed by atoms with Gasteiger partial charge in [0.1, 0.15) is 10.4 Å². The predicted octanol–water partition coefficient (Wildman–Crippen LogP) is 0.0285. The Labute approximate surface area is 95.9 Å². The van der Waals surface area contributed by atoms with E-state index in [9.17, 15) is 5.11 Å². The third kappa shape index (κ3) is 2.27. The fraction of sp³-hybridized carbons (Fsp3) is 0.556. The van der Waals surface area contributed by atoms with Crippen LogP contribution in [0.5, 0.6) is 0 Å². The molecule has 2 unspecified atom stereocenters. The van der Waals surface area contributed by atoms with Gasteiger partial charge >= 0.3 is 0 Å². The van der Waals surface area contributed by atoms with Crippen molar-refractivity contribution in [1.82, 2.24) is 9.97 Å². The molecule has 1 aliphatic heterocycles. The van der Waals surface area contributed by atoms with Gasteiger partial charge < -0.3 is 15.1 Å². The Balaban J connectivity index is 2.10. The second-order valence-electron chi connectivity index (χ2n) is 3.61. The van der Waals surface area contributed by atoms with Crippen LogP contribution in [0.25, 0.3) is 0 Å². The maximum atomic E-state index is 9.62. The number of aliphatic hydroxyl groups excluding tert-OH is 2. The number of β-amino-alcohol motifs (C(OH)–C–C–N with tert-alkyl or cyclic N) is 1.